The van der Waals surface area contributed by atoms with Gasteiger partial charge >= 0.3 is 6.18 Å². The van der Waals surface area contributed by atoms with Crippen LogP contribution in [-0.2, 0) is 12.1 Å². The Balaban J connectivity index is 2.31. The number of pyridine rings is 1. The topological polar surface area (TPSA) is 17.3 Å². The molecular formula is C15H9Cl2F3N2. The lowest BCUT2D eigenvalue weighted by molar-refractivity contribution is -0.137. The fraction of sp³-hybridized carbons (Fsp3) is 0.133. The first kappa shape index (κ1) is 15.2. The number of rotatable bonds is 2. The molecule has 0 aliphatic rings. The molecule has 0 spiro atoms. The maximum absolute atomic E-state index is 12.9. The maximum atomic E-state index is 12.9. The molecule has 7 heteroatoms. The van der Waals surface area contributed by atoms with Crippen LogP contribution in [-0.4, -0.2) is 9.38 Å². The van der Waals surface area contributed by atoms with Gasteiger partial charge in [0, 0.05) is 11.8 Å². The van der Waals surface area contributed by atoms with E-state index in [2.05, 4.69) is 4.98 Å². The Bertz CT molecular complexity index is 826. The average Bonchev–Trinajstić information content (AvgIpc) is 2.86. The SMILES string of the molecule is FC(F)(F)c1cc(Cl)c2nc(-c3ccccc3)c(CCl)n2c1. The molecule has 3 rings (SSSR count). The van der Waals surface area contributed by atoms with Crippen molar-refractivity contribution < 1.29 is 13.2 Å². The molecule has 0 unspecified atom stereocenters. The molecule has 3 aromatic rings. The van der Waals surface area contributed by atoms with E-state index in [0.29, 0.717) is 11.4 Å². The molecule has 2 heterocycles. The van der Waals surface area contributed by atoms with Crippen LogP contribution in [0.4, 0.5) is 13.2 Å². The molecular weight excluding hydrogens is 336 g/mol. The van der Waals surface area contributed by atoms with E-state index in [9.17, 15) is 13.2 Å². The van der Waals surface area contributed by atoms with Crippen LogP contribution >= 0.6 is 23.2 Å². The molecule has 0 aliphatic heterocycles. The lowest BCUT2D eigenvalue weighted by Crippen LogP contribution is -2.07. The summed E-state index contributed by atoms with van der Waals surface area (Å²) in [4.78, 5) is 4.36. The largest absolute Gasteiger partial charge is 0.417 e. The van der Waals surface area contributed by atoms with Gasteiger partial charge in [0.2, 0.25) is 0 Å². The Hall–Kier alpha value is -1.72. The fourth-order valence-electron chi connectivity index (χ4n) is 2.26. The predicted octanol–water partition coefficient (Wildman–Crippen LogP) is 5.41. The molecule has 1 aromatic carbocycles. The van der Waals surface area contributed by atoms with Gasteiger partial charge in [0.15, 0.2) is 5.65 Å². The van der Waals surface area contributed by atoms with Gasteiger partial charge in [-0.3, -0.25) is 0 Å². The maximum Gasteiger partial charge on any atom is 0.417 e. The zero-order valence-electron chi connectivity index (χ0n) is 11.0. The van der Waals surface area contributed by atoms with Crippen molar-refractivity contribution in [3.63, 3.8) is 0 Å². The molecule has 0 fully saturated rings. The molecule has 0 amide bonds. The highest BCUT2D eigenvalue weighted by Gasteiger charge is 2.32. The predicted molar refractivity (Wildman–Crippen MR) is 80.2 cm³/mol. The van der Waals surface area contributed by atoms with Crippen molar-refractivity contribution in [1.29, 1.82) is 0 Å². The van der Waals surface area contributed by atoms with Crippen LogP contribution in [0.3, 0.4) is 0 Å². The van der Waals surface area contributed by atoms with Crippen molar-refractivity contribution >= 4 is 28.8 Å². The summed E-state index contributed by atoms with van der Waals surface area (Å²) >= 11 is 11.9. The number of fused-ring (bicyclic) bond motifs is 1. The summed E-state index contributed by atoms with van der Waals surface area (Å²) < 4.78 is 40.1. The van der Waals surface area contributed by atoms with Gasteiger partial charge in [-0.25, -0.2) is 4.98 Å². The normalized spacial score (nSPS) is 12.0. The first-order valence-corrected chi connectivity index (χ1v) is 7.22. The van der Waals surface area contributed by atoms with Gasteiger partial charge in [-0.05, 0) is 6.07 Å². The zero-order chi connectivity index (χ0) is 15.9. The van der Waals surface area contributed by atoms with Crippen LogP contribution in [0.1, 0.15) is 11.3 Å². The quantitative estimate of drug-likeness (QED) is 0.568. The van der Waals surface area contributed by atoms with E-state index in [0.717, 1.165) is 17.8 Å². The van der Waals surface area contributed by atoms with Crippen LogP contribution in [0.2, 0.25) is 5.02 Å². The monoisotopic (exact) mass is 344 g/mol. The number of hydrogen-bond donors (Lipinski definition) is 0. The van der Waals surface area contributed by atoms with Gasteiger partial charge in [-0.1, -0.05) is 41.9 Å². The first-order valence-electron chi connectivity index (χ1n) is 6.31. The number of halogens is 5. The van der Waals surface area contributed by atoms with Crippen LogP contribution in [0.15, 0.2) is 42.6 Å². The Labute approximate surface area is 134 Å². The lowest BCUT2D eigenvalue weighted by Gasteiger charge is -2.09. The summed E-state index contributed by atoms with van der Waals surface area (Å²) in [5, 5.41) is -0.0663. The van der Waals surface area contributed by atoms with E-state index in [1.54, 1.807) is 0 Å². The fourth-order valence-corrected chi connectivity index (χ4v) is 2.77. The van der Waals surface area contributed by atoms with Crippen molar-refractivity contribution in [3.05, 3.63) is 58.9 Å². The third kappa shape index (κ3) is 2.55. The second-order valence-electron chi connectivity index (χ2n) is 4.67. The Morgan fingerprint density at radius 2 is 1.82 bits per heavy atom. The molecule has 0 atom stereocenters. The van der Waals surface area contributed by atoms with E-state index in [1.165, 1.54) is 4.40 Å². The highest BCUT2D eigenvalue weighted by atomic mass is 35.5. The number of benzene rings is 1. The van der Waals surface area contributed by atoms with E-state index in [1.807, 2.05) is 30.3 Å². The number of alkyl halides is 4. The average molecular weight is 345 g/mol. The molecule has 0 N–H and O–H groups in total. The van der Waals surface area contributed by atoms with Gasteiger partial charge < -0.3 is 4.40 Å². The van der Waals surface area contributed by atoms with Crippen LogP contribution in [0, 0.1) is 0 Å². The van der Waals surface area contributed by atoms with E-state index in [4.69, 9.17) is 23.2 Å². The minimum Gasteiger partial charge on any atom is -0.300 e. The molecule has 2 nitrogen and oxygen atoms in total. The molecule has 0 radical (unpaired) electrons. The molecule has 0 saturated carbocycles. The summed E-state index contributed by atoms with van der Waals surface area (Å²) in [5.41, 5.74) is 1.18. The molecule has 0 saturated heterocycles. The standard InChI is InChI=1S/C15H9Cl2F3N2/c16-7-12-13(9-4-2-1-3-5-9)21-14-11(17)6-10(8-22(12)14)15(18,19)20/h1-6,8H,7H2. The number of aromatic nitrogens is 2. The second-order valence-corrected chi connectivity index (χ2v) is 5.35. The smallest absolute Gasteiger partial charge is 0.300 e. The van der Waals surface area contributed by atoms with E-state index >= 15 is 0 Å². The molecule has 0 aliphatic carbocycles. The summed E-state index contributed by atoms with van der Waals surface area (Å²) in [5.74, 6) is 0.0169. The third-order valence-corrected chi connectivity index (χ3v) is 3.81. The number of imidazole rings is 1. The van der Waals surface area contributed by atoms with Gasteiger partial charge in [0.05, 0.1) is 27.9 Å². The van der Waals surface area contributed by atoms with Crippen LogP contribution in [0.5, 0.6) is 0 Å². The van der Waals surface area contributed by atoms with Crippen molar-refractivity contribution in [1.82, 2.24) is 9.38 Å². The molecule has 0 bridgehead atoms. The lowest BCUT2D eigenvalue weighted by atomic mass is 10.1. The van der Waals surface area contributed by atoms with Gasteiger partial charge in [0.1, 0.15) is 0 Å². The van der Waals surface area contributed by atoms with Gasteiger partial charge in [-0.15, -0.1) is 11.6 Å². The van der Waals surface area contributed by atoms with Crippen LogP contribution < -0.4 is 0 Å². The van der Waals surface area contributed by atoms with Crippen molar-refractivity contribution in [2.75, 3.05) is 0 Å². The molecule has 2 aromatic heterocycles. The highest BCUT2D eigenvalue weighted by Crippen LogP contribution is 2.35. The Kier molecular flexibility index (Phi) is 3.78. The Morgan fingerprint density at radius 1 is 1.14 bits per heavy atom. The number of hydrogen-bond acceptors (Lipinski definition) is 1. The summed E-state index contributed by atoms with van der Waals surface area (Å²) in [6.45, 7) is 0. The molecule has 22 heavy (non-hydrogen) atoms. The second kappa shape index (κ2) is 5.48. The van der Waals surface area contributed by atoms with Crippen LogP contribution in [0.25, 0.3) is 16.9 Å². The van der Waals surface area contributed by atoms with Crippen molar-refractivity contribution in [2.45, 2.75) is 12.1 Å². The van der Waals surface area contributed by atoms with Crippen molar-refractivity contribution in [3.8, 4) is 11.3 Å². The Morgan fingerprint density at radius 3 is 2.41 bits per heavy atom. The first-order chi connectivity index (χ1) is 10.4. The zero-order valence-corrected chi connectivity index (χ0v) is 12.5. The minimum atomic E-state index is -4.49. The van der Waals surface area contributed by atoms with E-state index < -0.39 is 11.7 Å². The summed E-state index contributed by atoms with van der Waals surface area (Å²) in [7, 11) is 0. The highest BCUT2D eigenvalue weighted by molar-refractivity contribution is 6.33. The van der Waals surface area contributed by atoms with Gasteiger partial charge in [-0.2, -0.15) is 13.2 Å². The van der Waals surface area contributed by atoms with E-state index in [-0.39, 0.29) is 16.5 Å². The van der Waals surface area contributed by atoms with Crippen molar-refractivity contribution in [2.24, 2.45) is 0 Å². The third-order valence-electron chi connectivity index (χ3n) is 3.28. The number of nitrogens with zero attached hydrogens (tertiary/aromatic N) is 2. The summed E-state index contributed by atoms with van der Waals surface area (Å²) in [6.07, 6.45) is -3.52. The van der Waals surface area contributed by atoms with Gasteiger partial charge in [0.25, 0.3) is 0 Å². The summed E-state index contributed by atoms with van der Waals surface area (Å²) in [6, 6.07) is 9.98. The molecule has 114 valence electrons. The minimum absolute atomic E-state index is 0.0169.